The number of ether oxygens (including phenoxy) is 1. The van der Waals surface area contributed by atoms with Crippen molar-refractivity contribution in [2.45, 2.75) is 6.10 Å². The van der Waals surface area contributed by atoms with Crippen molar-refractivity contribution in [1.29, 1.82) is 0 Å². The first-order valence-corrected chi connectivity index (χ1v) is 4.89. The summed E-state index contributed by atoms with van der Waals surface area (Å²) in [5.41, 5.74) is 0. The Morgan fingerprint density at radius 2 is 2.50 bits per heavy atom. The van der Waals surface area contributed by atoms with Gasteiger partial charge in [0.2, 0.25) is 0 Å². The van der Waals surface area contributed by atoms with Crippen LogP contribution in [0.5, 0.6) is 0 Å². The van der Waals surface area contributed by atoms with Gasteiger partial charge in [-0.15, -0.1) is 6.58 Å². The largest absolute Gasteiger partial charge is 0.372 e. The molecule has 1 fully saturated rings. The quantitative estimate of drug-likeness (QED) is 0.268. The number of hydrogen-bond donors (Lipinski definition) is 0. The van der Waals surface area contributed by atoms with E-state index >= 15 is 0 Å². The minimum atomic E-state index is 0.453. The summed E-state index contributed by atoms with van der Waals surface area (Å²) in [6, 6.07) is 0. The van der Waals surface area contributed by atoms with E-state index in [0.717, 1.165) is 18.1 Å². The molecule has 0 radical (unpaired) electrons. The predicted molar refractivity (Wildman–Crippen MR) is 45.9 cm³/mol. The molecule has 0 N–H and O–H groups in total. The highest BCUT2D eigenvalue weighted by Crippen LogP contribution is 2.21. The zero-order valence-electron chi connectivity index (χ0n) is 5.62. The molecule has 4 heteroatoms. The standard InChI is InChI=1S/C6H10O2S2/c1-2-3-9-8-10-5-6-4-7-6/h2,6H,1,3-5H2. The average molecular weight is 178 g/mol. The molecule has 2 nitrogen and oxygen atoms in total. The summed E-state index contributed by atoms with van der Waals surface area (Å²) in [6.45, 7) is 4.48. The number of hydrogen-bond acceptors (Lipinski definition) is 4. The van der Waals surface area contributed by atoms with E-state index in [1.807, 2.05) is 6.08 Å². The van der Waals surface area contributed by atoms with Gasteiger partial charge >= 0.3 is 0 Å². The van der Waals surface area contributed by atoms with Crippen LogP contribution in [-0.4, -0.2) is 24.2 Å². The van der Waals surface area contributed by atoms with Crippen LogP contribution in [0.2, 0.25) is 0 Å². The van der Waals surface area contributed by atoms with Crippen molar-refractivity contribution < 1.29 is 8.37 Å². The lowest BCUT2D eigenvalue weighted by molar-refractivity contribution is 0.425. The molecule has 0 aromatic rings. The first-order chi connectivity index (χ1) is 4.93. The smallest absolute Gasteiger partial charge is 0.0922 e. The Morgan fingerprint density at radius 3 is 3.10 bits per heavy atom. The monoisotopic (exact) mass is 178 g/mol. The topological polar surface area (TPSA) is 21.8 Å². The normalized spacial score (nSPS) is 22.6. The molecule has 0 saturated carbocycles. The van der Waals surface area contributed by atoms with Gasteiger partial charge in [-0.1, -0.05) is 6.08 Å². The molecule has 1 aliphatic rings. The van der Waals surface area contributed by atoms with Crippen molar-refractivity contribution in [3.05, 3.63) is 12.7 Å². The molecule has 0 bridgehead atoms. The van der Waals surface area contributed by atoms with Crippen LogP contribution < -0.4 is 0 Å². The summed E-state index contributed by atoms with van der Waals surface area (Å²) in [4.78, 5) is 0. The molecule has 1 heterocycles. The SMILES string of the molecule is C=CCSOSCC1CO1. The van der Waals surface area contributed by atoms with E-state index in [-0.39, 0.29) is 0 Å². The molecule has 1 unspecified atom stereocenters. The molecule has 0 aliphatic carbocycles. The van der Waals surface area contributed by atoms with Crippen LogP contribution in [0.3, 0.4) is 0 Å². The van der Waals surface area contributed by atoms with E-state index in [2.05, 4.69) is 6.58 Å². The summed E-state index contributed by atoms with van der Waals surface area (Å²) >= 11 is 2.87. The molecule has 1 saturated heterocycles. The van der Waals surface area contributed by atoms with E-state index in [9.17, 15) is 0 Å². The molecule has 1 atom stereocenters. The Bertz CT molecular complexity index is 104. The van der Waals surface area contributed by atoms with Gasteiger partial charge in [-0.3, -0.25) is 0 Å². The van der Waals surface area contributed by atoms with E-state index in [4.69, 9.17) is 8.37 Å². The summed E-state index contributed by atoms with van der Waals surface area (Å²) in [5, 5.41) is 0. The average Bonchev–Trinajstić information content (AvgIpc) is 2.71. The van der Waals surface area contributed by atoms with Crippen molar-refractivity contribution in [1.82, 2.24) is 0 Å². The molecule has 1 rings (SSSR count). The number of epoxide rings is 1. The van der Waals surface area contributed by atoms with Crippen molar-refractivity contribution >= 4 is 24.1 Å². The predicted octanol–water partition coefficient (Wildman–Crippen LogP) is 1.88. The lowest BCUT2D eigenvalue weighted by Gasteiger charge is -1.94. The van der Waals surface area contributed by atoms with Crippen molar-refractivity contribution in [3.8, 4) is 0 Å². The lowest BCUT2D eigenvalue weighted by Crippen LogP contribution is -1.87. The molecule has 58 valence electrons. The molecular formula is C6H10O2S2. The first-order valence-electron chi connectivity index (χ1n) is 3.07. The van der Waals surface area contributed by atoms with E-state index in [0.29, 0.717) is 6.10 Å². The van der Waals surface area contributed by atoms with Crippen LogP contribution in [-0.2, 0) is 8.37 Å². The fourth-order valence-corrected chi connectivity index (χ4v) is 1.53. The molecule has 0 aromatic heterocycles. The van der Waals surface area contributed by atoms with E-state index < -0.39 is 0 Å². The molecule has 0 aromatic carbocycles. The van der Waals surface area contributed by atoms with Gasteiger partial charge < -0.3 is 4.74 Å². The third-order valence-electron chi connectivity index (χ3n) is 0.938. The Hall–Kier alpha value is 0.360. The zero-order valence-corrected chi connectivity index (χ0v) is 7.25. The highest BCUT2D eigenvalue weighted by Gasteiger charge is 2.22. The van der Waals surface area contributed by atoms with E-state index in [1.165, 1.54) is 24.1 Å². The van der Waals surface area contributed by atoms with Gasteiger partial charge in [-0.05, 0) is 0 Å². The fourth-order valence-electron chi connectivity index (χ4n) is 0.378. The van der Waals surface area contributed by atoms with Crippen LogP contribution >= 0.6 is 24.1 Å². The minimum absolute atomic E-state index is 0.453. The van der Waals surface area contributed by atoms with Crippen molar-refractivity contribution in [2.75, 3.05) is 18.1 Å². The van der Waals surface area contributed by atoms with Gasteiger partial charge in [0.1, 0.15) is 0 Å². The summed E-state index contributed by atoms with van der Waals surface area (Å²) < 4.78 is 10.1. The third kappa shape index (κ3) is 4.22. The second-order valence-electron chi connectivity index (χ2n) is 1.88. The van der Waals surface area contributed by atoms with Gasteiger partial charge in [-0.2, -0.15) is 0 Å². The first kappa shape index (κ1) is 8.46. The molecular weight excluding hydrogens is 168 g/mol. The maximum Gasteiger partial charge on any atom is 0.0922 e. The van der Waals surface area contributed by atoms with Crippen LogP contribution in [0.25, 0.3) is 0 Å². The Morgan fingerprint density at radius 1 is 1.70 bits per heavy atom. The molecule has 1 aliphatic heterocycles. The van der Waals surface area contributed by atoms with Gasteiger partial charge in [0, 0.05) is 35.6 Å². The van der Waals surface area contributed by atoms with Crippen LogP contribution in [0, 0.1) is 0 Å². The van der Waals surface area contributed by atoms with Gasteiger partial charge in [0.05, 0.1) is 12.7 Å². The maximum absolute atomic E-state index is 5.11. The summed E-state index contributed by atoms with van der Waals surface area (Å²) in [5.74, 6) is 1.79. The highest BCUT2D eigenvalue weighted by atomic mass is 32.2. The van der Waals surface area contributed by atoms with Crippen molar-refractivity contribution in [2.24, 2.45) is 0 Å². The fraction of sp³-hybridized carbons (Fsp3) is 0.667. The Labute approximate surface area is 69.8 Å². The maximum atomic E-state index is 5.11. The summed E-state index contributed by atoms with van der Waals surface area (Å²) in [6.07, 6.45) is 2.27. The highest BCUT2D eigenvalue weighted by molar-refractivity contribution is 8.07. The molecule has 0 spiro atoms. The Kier molecular flexibility index (Phi) is 4.29. The minimum Gasteiger partial charge on any atom is -0.372 e. The third-order valence-corrected chi connectivity index (χ3v) is 2.59. The molecule has 0 amide bonds. The van der Waals surface area contributed by atoms with Gasteiger partial charge in [-0.25, -0.2) is 3.63 Å². The second kappa shape index (κ2) is 5.07. The van der Waals surface area contributed by atoms with Gasteiger partial charge in [0.25, 0.3) is 0 Å². The van der Waals surface area contributed by atoms with Crippen LogP contribution in [0.1, 0.15) is 0 Å². The van der Waals surface area contributed by atoms with E-state index in [1.54, 1.807) is 0 Å². The van der Waals surface area contributed by atoms with Crippen molar-refractivity contribution in [3.63, 3.8) is 0 Å². The lowest BCUT2D eigenvalue weighted by atomic mass is 10.6. The van der Waals surface area contributed by atoms with Crippen LogP contribution in [0.15, 0.2) is 12.7 Å². The van der Waals surface area contributed by atoms with Crippen LogP contribution in [0.4, 0.5) is 0 Å². The second-order valence-corrected chi connectivity index (χ2v) is 3.56. The molecule has 10 heavy (non-hydrogen) atoms. The zero-order chi connectivity index (χ0) is 7.23. The number of rotatable bonds is 6. The summed E-state index contributed by atoms with van der Waals surface area (Å²) in [7, 11) is 0. The Balaban J connectivity index is 1.72. The van der Waals surface area contributed by atoms with Gasteiger partial charge in [0.15, 0.2) is 0 Å².